The summed E-state index contributed by atoms with van der Waals surface area (Å²) >= 11 is 0. The van der Waals surface area contributed by atoms with Crippen LogP contribution in [0.15, 0.2) is 47.5 Å². The van der Waals surface area contributed by atoms with Crippen molar-refractivity contribution < 1.29 is 22.7 Å². The molecule has 1 atom stereocenters. The Labute approximate surface area is 152 Å². The quantitative estimate of drug-likeness (QED) is 0.742. The number of aryl methyl sites for hydroxylation is 1. The fourth-order valence-electron chi connectivity index (χ4n) is 2.74. The monoisotopic (exact) mass is 376 g/mol. The van der Waals surface area contributed by atoms with Crippen molar-refractivity contribution in [3.05, 3.63) is 53.7 Å². The molecule has 2 aromatic rings. The smallest absolute Gasteiger partial charge is 0.337 e. The van der Waals surface area contributed by atoms with Gasteiger partial charge in [-0.15, -0.1) is 0 Å². The summed E-state index contributed by atoms with van der Waals surface area (Å²) in [5.74, 6) is -0.0172. The summed E-state index contributed by atoms with van der Waals surface area (Å²) in [5.41, 5.74) is 1.34. The Morgan fingerprint density at radius 2 is 1.92 bits per heavy atom. The molecule has 1 aromatic carbocycles. The van der Waals surface area contributed by atoms with E-state index in [1.807, 2.05) is 13.0 Å². The highest BCUT2D eigenvalue weighted by Gasteiger charge is 2.33. The number of esters is 1. The number of sulfonamides is 1. The molecule has 1 fully saturated rings. The predicted molar refractivity (Wildman–Crippen MR) is 94.5 cm³/mol. The van der Waals surface area contributed by atoms with Crippen molar-refractivity contribution in [3.63, 3.8) is 0 Å². The van der Waals surface area contributed by atoms with Gasteiger partial charge in [0.2, 0.25) is 15.9 Å². The summed E-state index contributed by atoms with van der Waals surface area (Å²) < 4.78 is 37.3. The van der Waals surface area contributed by atoms with Gasteiger partial charge in [0, 0.05) is 18.8 Å². The van der Waals surface area contributed by atoms with Crippen LogP contribution < -0.4 is 4.74 Å². The third kappa shape index (κ3) is 3.86. The summed E-state index contributed by atoms with van der Waals surface area (Å²) in [6.07, 6.45) is 2.06. The molecular formula is C18H20N2O5S. The molecule has 1 aromatic heterocycles. The number of ether oxygens (including phenoxy) is 2. The maximum Gasteiger partial charge on any atom is 0.337 e. The van der Waals surface area contributed by atoms with Crippen LogP contribution in [0.5, 0.6) is 5.88 Å². The Balaban J connectivity index is 1.68. The van der Waals surface area contributed by atoms with Crippen molar-refractivity contribution in [1.82, 2.24) is 9.29 Å². The number of methoxy groups -OCH3 is 1. The summed E-state index contributed by atoms with van der Waals surface area (Å²) in [5, 5.41) is 0. The van der Waals surface area contributed by atoms with Gasteiger partial charge >= 0.3 is 5.97 Å². The third-order valence-corrected chi connectivity index (χ3v) is 6.07. The van der Waals surface area contributed by atoms with Crippen molar-refractivity contribution in [2.45, 2.75) is 24.3 Å². The standard InChI is InChI=1S/C18H20N2O5S/c1-13-3-8-17(19-11-13)25-15-9-10-20(12-15)26(22,23)16-6-4-14(5-7-16)18(21)24-2/h3-8,11,15H,9-10,12H2,1-2H3. The molecule has 0 radical (unpaired) electrons. The first kappa shape index (κ1) is 18.3. The molecule has 0 N–H and O–H groups in total. The fourth-order valence-corrected chi connectivity index (χ4v) is 4.22. The summed E-state index contributed by atoms with van der Waals surface area (Å²) in [6.45, 7) is 2.57. The van der Waals surface area contributed by atoms with Gasteiger partial charge in [0.1, 0.15) is 6.10 Å². The molecule has 0 saturated carbocycles. The van der Waals surface area contributed by atoms with Crippen LogP contribution in [0.25, 0.3) is 0 Å². The van der Waals surface area contributed by atoms with Gasteiger partial charge in [-0.3, -0.25) is 0 Å². The number of aromatic nitrogens is 1. The van der Waals surface area contributed by atoms with E-state index < -0.39 is 16.0 Å². The van der Waals surface area contributed by atoms with Gasteiger partial charge in [-0.1, -0.05) is 6.07 Å². The van der Waals surface area contributed by atoms with Crippen LogP contribution in [-0.2, 0) is 14.8 Å². The van der Waals surface area contributed by atoms with E-state index >= 15 is 0 Å². The van der Waals surface area contributed by atoms with Gasteiger partial charge in [-0.25, -0.2) is 18.2 Å². The first-order valence-electron chi connectivity index (χ1n) is 8.18. The Hall–Kier alpha value is -2.45. The lowest BCUT2D eigenvalue weighted by Crippen LogP contribution is -2.31. The molecule has 1 aliphatic heterocycles. The van der Waals surface area contributed by atoms with E-state index in [-0.39, 0.29) is 17.5 Å². The van der Waals surface area contributed by atoms with E-state index in [1.165, 1.54) is 35.7 Å². The second-order valence-corrected chi connectivity index (χ2v) is 8.02. The lowest BCUT2D eigenvalue weighted by molar-refractivity contribution is 0.0600. The molecule has 0 amide bonds. The van der Waals surface area contributed by atoms with Crippen LogP contribution in [-0.4, -0.2) is 50.0 Å². The van der Waals surface area contributed by atoms with Gasteiger partial charge in [0.15, 0.2) is 0 Å². The molecule has 1 saturated heterocycles. The zero-order valence-electron chi connectivity index (χ0n) is 14.6. The normalized spacial score (nSPS) is 17.8. The fraction of sp³-hybridized carbons (Fsp3) is 0.333. The van der Waals surface area contributed by atoms with Crippen molar-refractivity contribution in [3.8, 4) is 5.88 Å². The van der Waals surface area contributed by atoms with Crippen molar-refractivity contribution in [2.75, 3.05) is 20.2 Å². The van der Waals surface area contributed by atoms with Crippen LogP contribution >= 0.6 is 0 Å². The maximum absolute atomic E-state index is 12.8. The molecule has 8 heteroatoms. The minimum absolute atomic E-state index is 0.138. The molecule has 1 aliphatic rings. The number of carbonyl (C=O) groups is 1. The third-order valence-electron chi connectivity index (χ3n) is 4.19. The average Bonchev–Trinajstić information content (AvgIpc) is 3.12. The SMILES string of the molecule is COC(=O)c1ccc(S(=O)(=O)N2CCC(Oc3ccc(C)cn3)C2)cc1. The maximum atomic E-state index is 12.8. The molecule has 26 heavy (non-hydrogen) atoms. The average molecular weight is 376 g/mol. The number of carbonyl (C=O) groups excluding carboxylic acids is 1. The van der Waals surface area contributed by atoms with E-state index in [4.69, 9.17) is 4.74 Å². The lowest BCUT2D eigenvalue weighted by atomic mass is 10.2. The minimum atomic E-state index is -3.64. The van der Waals surface area contributed by atoms with Crippen molar-refractivity contribution >= 4 is 16.0 Å². The number of nitrogens with zero attached hydrogens (tertiary/aromatic N) is 2. The summed E-state index contributed by atoms with van der Waals surface area (Å²) in [6, 6.07) is 9.39. The topological polar surface area (TPSA) is 85.8 Å². The Morgan fingerprint density at radius 3 is 2.54 bits per heavy atom. The van der Waals surface area contributed by atoms with Crippen LogP contribution in [0, 0.1) is 6.92 Å². The van der Waals surface area contributed by atoms with Gasteiger partial charge in [-0.05, 0) is 43.2 Å². The molecule has 0 bridgehead atoms. The Morgan fingerprint density at radius 1 is 1.19 bits per heavy atom. The Bertz CT molecular complexity index is 879. The Kier molecular flexibility index (Phi) is 5.24. The number of pyridine rings is 1. The number of benzene rings is 1. The molecule has 138 valence electrons. The highest BCUT2D eigenvalue weighted by molar-refractivity contribution is 7.89. The first-order chi connectivity index (χ1) is 12.4. The van der Waals surface area contributed by atoms with Gasteiger partial charge in [0.25, 0.3) is 0 Å². The van der Waals surface area contributed by atoms with E-state index in [2.05, 4.69) is 9.72 Å². The van der Waals surface area contributed by atoms with Crippen LogP contribution in [0.3, 0.4) is 0 Å². The number of rotatable bonds is 5. The van der Waals surface area contributed by atoms with Crippen LogP contribution in [0.2, 0.25) is 0 Å². The van der Waals surface area contributed by atoms with Gasteiger partial charge in [-0.2, -0.15) is 4.31 Å². The lowest BCUT2D eigenvalue weighted by Gasteiger charge is -2.17. The van der Waals surface area contributed by atoms with Crippen LogP contribution in [0.1, 0.15) is 22.3 Å². The van der Waals surface area contributed by atoms with Crippen LogP contribution in [0.4, 0.5) is 0 Å². The molecule has 3 rings (SSSR count). The predicted octanol–water partition coefficient (Wildman–Crippen LogP) is 2.02. The summed E-state index contributed by atoms with van der Waals surface area (Å²) in [4.78, 5) is 15.8. The highest BCUT2D eigenvalue weighted by atomic mass is 32.2. The van der Waals surface area contributed by atoms with Gasteiger partial charge in [0.05, 0.1) is 24.1 Å². The number of hydrogen-bond donors (Lipinski definition) is 0. The van der Waals surface area contributed by atoms with Gasteiger partial charge < -0.3 is 9.47 Å². The second kappa shape index (κ2) is 7.43. The highest BCUT2D eigenvalue weighted by Crippen LogP contribution is 2.24. The molecular weight excluding hydrogens is 356 g/mol. The molecule has 2 heterocycles. The van der Waals surface area contributed by atoms with E-state index in [9.17, 15) is 13.2 Å². The zero-order valence-corrected chi connectivity index (χ0v) is 15.4. The molecule has 0 aliphatic carbocycles. The summed E-state index contributed by atoms with van der Waals surface area (Å²) in [7, 11) is -2.36. The van der Waals surface area contributed by atoms with E-state index in [0.717, 1.165) is 5.56 Å². The van der Waals surface area contributed by atoms with Crippen molar-refractivity contribution in [1.29, 1.82) is 0 Å². The first-order valence-corrected chi connectivity index (χ1v) is 9.62. The van der Waals surface area contributed by atoms with E-state index in [0.29, 0.717) is 24.4 Å². The second-order valence-electron chi connectivity index (χ2n) is 6.08. The van der Waals surface area contributed by atoms with Crippen molar-refractivity contribution in [2.24, 2.45) is 0 Å². The zero-order chi connectivity index (χ0) is 18.7. The largest absolute Gasteiger partial charge is 0.473 e. The molecule has 7 nitrogen and oxygen atoms in total. The molecule has 0 spiro atoms. The molecule has 1 unspecified atom stereocenters. The number of hydrogen-bond acceptors (Lipinski definition) is 6. The minimum Gasteiger partial charge on any atom is -0.473 e. The van der Waals surface area contributed by atoms with E-state index in [1.54, 1.807) is 12.3 Å².